The predicted molar refractivity (Wildman–Crippen MR) is 88.9 cm³/mol. The summed E-state index contributed by atoms with van der Waals surface area (Å²) in [5.74, 6) is -0.206. The van der Waals surface area contributed by atoms with E-state index in [1.54, 1.807) is 18.3 Å². The van der Waals surface area contributed by atoms with Gasteiger partial charge in [-0.1, -0.05) is 17.7 Å². The number of benzene rings is 1. The second-order valence-corrected chi connectivity index (χ2v) is 5.65. The molecule has 0 bridgehead atoms. The van der Waals surface area contributed by atoms with Crippen molar-refractivity contribution in [3.63, 3.8) is 0 Å². The first-order chi connectivity index (χ1) is 10.2. The van der Waals surface area contributed by atoms with E-state index < -0.39 is 0 Å². The Morgan fingerprint density at radius 1 is 1.36 bits per heavy atom. The summed E-state index contributed by atoms with van der Waals surface area (Å²) in [4.78, 5) is 6.45. The van der Waals surface area contributed by atoms with Crippen LogP contribution in [-0.2, 0) is 6.54 Å². The number of hydrogen-bond acceptors (Lipinski definition) is 3. The number of rotatable bonds is 3. The van der Waals surface area contributed by atoms with Crippen molar-refractivity contribution in [3.05, 3.63) is 64.7 Å². The minimum absolute atomic E-state index is 0. The Balaban J connectivity index is 0.00000176. The third kappa shape index (κ3) is 3.96. The summed E-state index contributed by atoms with van der Waals surface area (Å²) in [6.45, 7) is 3.16. The van der Waals surface area contributed by atoms with E-state index >= 15 is 0 Å². The van der Waals surface area contributed by atoms with Gasteiger partial charge in [-0.3, -0.25) is 9.88 Å². The fourth-order valence-electron chi connectivity index (χ4n) is 2.72. The minimum Gasteiger partial charge on any atom is -0.314 e. The number of nitrogens with one attached hydrogen (secondary N) is 1. The Morgan fingerprint density at radius 2 is 2.23 bits per heavy atom. The molecule has 1 N–H and O–H groups in total. The van der Waals surface area contributed by atoms with Gasteiger partial charge in [0, 0.05) is 55.2 Å². The van der Waals surface area contributed by atoms with Crippen molar-refractivity contribution in [3.8, 4) is 0 Å². The molecular weight excluding hydrogens is 324 g/mol. The first kappa shape index (κ1) is 17.2. The highest BCUT2D eigenvalue weighted by atomic mass is 35.5. The molecule has 0 radical (unpaired) electrons. The third-order valence-electron chi connectivity index (χ3n) is 3.80. The third-order valence-corrected chi connectivity index (χ3v) is 4.04. The molecule has 3 nitrogen and oxygen atoms in total. The van der Waals surface area contributed by atoms with E-state index in [4.69, 9.17) is 11.6 Å². The summed E-state index contributed by atoms with van der Waals surface area (Å²) in [5.41, 5.74) is 1.78. The number of nitrogens with zero attached hydrogens (tertiary/aromatic N) is 2. The Labute approximate surface area is 140 Å². The van der Waals surface area contributed by atoms with Crippen LogP contribution in [0, 0.1) is 5.82 Å². The molecule has 1 aliphatic heterocycles. The van der Waals surface area contributed by atoms with E-state index in [0.29, 0.717) is 17.1 Å². The molecule has 3 rings (SSSR count). The highest BCUT2D eigenvalue weighted by molar-refractivity contribution is 6.30. The molecule has 22 heavy (non-hydrogen) atoms. The fraction of sp³-hybridized carbons (Fsp3) is 0.312. The number of halogens is 3. The van der Waals surface area contributed by atoms with Crippen LogP contribution in [0.2, 0.25) is 5.02 Å². The lowest BCUT2D eigenvalue weighted by Gasteiger charge is -2.36. The summed E-state index contributed by atoms with van der Waals surface area (Å²) in [6, 6.07) is 8.91. The summed E-state index contributed by atoms with van der Waals surface area (Å²) in [6.07, 6.45) is 3.64. The van der Waals surface area contributed by atoms with Crippen molar-refractivity contribution in [2.24, 2.45) is 0 Å². The van der Waals surface area contributed by atoms with Crippen LogP contribution in [0.15, 0.2) is 42.7 Å². The van der Waals surface area contributed by atoms with Crippen LogP contribution in [-0.4, -0.2) is 29.5 Å². The summed E-state index contributed by atoms with van der Waals surface area (Å²) in [5, 5.41) is 3.95. The zero-order chi connectivity index (χ0) is 14.7. The van der Waals surface area contributed by atoms with Crippen molar-refractivity contribution in [2.45, 2.75) is 12.6 Å². The van der Waals surface area contributed by atoms with Gasteiger partial charge in [0.2, 0.25) is 0 Å². The quantitative estimate of drug-likeness (QED) is 0.926. The molecule has 0 saturated carbocycles. The lowest BCUT2D eigenvalue weighted by atomic mass is 10.0. The van der Waals surface area contributed by atoms with Crippen LogP contribution < -0.4 is 5.32 Å². The van der Waals surface area contributed by atoms with E-state index in [9.17, 15) is 4.39 Å². The highest BCUT2D eigenvalue weighted by Crippen LogP contribution is 2.25. The summed E-state index contributed by atoms with van der Waals surface area (Å²) in [7, 11) is 0. The molecule has 1 unspecified atom stereocenters. The van der Waals surface area contributed by atoms with E-state index in [0.717, 1.165) is 25.2 Å². The number of aromatic nitrogens is 1. The normalized spacial score (nSPS) is 18.7. The van der Waals surface area contributed by atoms with Gasteiger partial charge >= 0.3 is 0 Å². The maximum Gasteiger partial charge on any atom is 0.127 e. The Kier molecular flexibility index (Phi) is 6.15. The van der Waals surface area contributed by atoms with Gasteiger partial charge in [0.25, 0.3) is 0 Å². The lowest BCUT2D eigenvalue weighted by Crippen LogP contribution is -2.45. The number of pyridine rings is 1. The Morgan fingerprint density at radius 3 is 3.00 bits per heavy atom. The molecular formula is C16H18Cl2FN3. The molecule has 1 atom stereocenters. The molecule has 2 aromatic rings. The standard InChI is InChI=1S/C16H17ClFN3.ClH/c17-14-3-4-15(18)13(8-14)11-21-7-6-20-10-16(21)12-2-1-5-19-9-12;/h1-5,8-9,16,20H,6-7,10-11H2;1H. The number of piperazine rings is 1. The zero-order valence-electron chi connectivity index (χ0n) is 12.0. The maximum absolute atomic E-state index is 13.9. The molecule has 1 aromatic carbocycles. The van der Waals surface area contributed by atoms with E-state index in [1.807, 2.05) is 12.3 Å². The van der Waals surface area contributed by atoms with Gasteiger partial charge in [0.05, 0.1) is 0 Å². The van der Waals surface area contributed by atoms with Gasteiger partial charge in [-0.25, -0.2) is 4.39 Å². The molecule has 118 valence electrons. The Hall–Kier alpha value is -1.20. The average Bonchev–Trinajstić information content (AvgIpc) is 2.52. The predicted octanol–water partition coefficient (Wildman–Crippen LogP) is 3.44. The molecule has 1 aliphatic rings. The van der Waals surface area contributed by atoms with Crippen LogP contribution in [0.1, 0.15) is 17.2 Å². The molecule has 2 heterocycles. The summed E-state index contributed by atoms with van der Waals surface area (Å²) >= 11 is 5.98. The van der Waals surface area contributed by atoms with Gasteiger partial charge in [0.1, 0.15) is 5.82 Å². The van der Waals surface area contributed by atoms with E-state index in [1.165, 1.54) is 6.07 Å². The molecule has 1 aromatic heterocycles. The van der Waals surface area contributed by atoms with Crippen molar-refractivity contribution in [1.29, 1.82) is 0 Å². The van der Waals surface area contributed by atoms with Crippen molar-refractivity contribution in [2.75, 3.05) is 19.6 Å². The van der Waals surface area contributed by atoms with Gasteiger partial charge in [-0.05, 0) is 29.8 Å². The molecule has 0 spiro atoms. The summed E-state index contributed by atoms with van der Waals surface area (Å²) < 4.78 is 13.9. The lowest BCUT2D eigenvalue weighted by molar-refractivity contribution is 0.151. The first-order valence-corrected chi connectivity index (χ1v) is 7.40. The molecule has 1 saturated heterocycles. The van der Waals surface area contributed by atoms with Crippen molar-refractivity contribution < 1.29 is 4.39 Å². The SMILES string of the molecule is Cl.Fc1ccc(Cl)cc1CN1CCNCC1c1cccnc1. The van der Waals surface area contributed by atoms with Crippen molar-refractivity contribution in [1.82, 2.24) is 15.2 Å². The van der Waals surface area contributed by atoms with Crippen molar-refractivity contribution >= 4 is 24.0 Å². The average molecular weight is 342 g/mol. The van der Waals surface area contributed by atoms with Gasteiger partial charge in [-0.2, -0.15) is 0 Å². The second-order valence-electron chi connectivity index (χ2n) is 5.21. The van der Waals surface area contributed by atoms with Crippen LogP contribution in [0.3, 0.4) is 0 Å². The molecule has 0 aliphatic carbocycles. The van der Waals surface area contributed by atoms with Crippen LogP contribution >= 0.6 is 24.0 Å². The highest BCUT2D eigenvalue weighted by Gasteiger charge is 2.24. The Bertz CT molecular complexity index is 610. The number of hydrogen-bond donors (Lipinski definition) is 1. The zero-order valence-corrected chi connectivity index (χ0v) is 13.6. The molecule has 6 heteroatoms. The molecule has 1 fully saturated rings. The topological polar surface area (TPSA) is 28.2 Å². The van der Waals surface area contributed by atoms with Gasteiger partial charge < -0.3 is 5.32 Å². The fourth-order valence-corrected chi connectivity index (χ4v) is 2.92. The second kappa shape index (κ2) is 7.88. The van der Waals surface area contributed by atoms with Gasteiger partial charge in [0.15, 0.2) is 0 Å². The van der Waals surface area contributed by atoms with Crippen LogP contribution in [0.4, 0.5) is 4.39 Å². The monoisotopic (exact) mass is 341 g/mol. The first-order valence-electron chi connectivity index (χ1n) is 7.02. The molecule has 0 amide bonds. The minimum atomic E-state index is -0.206. The van der Waals surface area contributed by atoms with Crippen LogP contribution in [0.5, 0.6) is 0 Å². The van der Waals surface area contributed by atoms with Gasteiger partial charge in [-0.15, -0.1) is 12.4 Å². The van der Waals surface area contributed by atoms with E-state index in [2.05, 4.69) is 21.3 Å². The van der Waals surface area contributed by atoms with E-state index in [-0.39, 0.29) is 24.3 Å². The largest absolute Gasteiger partial charge is 0.314 e. The maximum atomic E-state index is 13.9. The van der Waals surface area contributed by atoms with Crippen LogP contribution in [0.25, 0.3) is 0 Å². The smallest absolute Gasteiger partial charge is 0.127 e.